The van der Waals surface area contributed by atoms with Gasteiger partial charge in [0.15, 0.2) is 11.5 Å². The Bertz CT molecular complexity index is 772. The van der Waals surface area contributed by atoms with E-state index in [1.165, 1.54) is 31.4 Å². The molecule has 1 aromatic rings. The molecule has 0 bridgehead atoms. The molecule has 0 saturated carbocycles. The number of ether oxygens (including phenoxy) is 2. The third-order valence-electron chi connectivity index (χ3n) is 5.46. The van der Waals surface area contributed by atoms with Gasteiger partial charge in [0.1, 0.15) is 6.17 Å². The Morgan fingerprint density at radius 1 is 1.20 bits per heavy atom. The van der Waals surface area contributed by atoms with E-state index in [4.69, 9.17) is 9.84 Å². The summed E-state index contributed by atoms with van der Waals surface area (Å²) >= 11 is 1.27. The number of hydrogen-bond acceptors (Lipinski definition) is 6. The highest BCUT2D eigenvalue weighted by atomic mass is 32.2. The van der Waals surface area contributed by atoms with Crippen LogP contribution >= 0.6 is 11.8 Å². The minimum absolute atomic E-state index is 0.0268. The number of halogens is 2. The van der Waals surface area contributed by atoms with Crippen molar-refractivity contribution in [2.24, 2.45) is 5.10 Å². The van der Waals surface area contributed by atoms with Crippen LogP contribution in [0.25, 0.3) is 0 Å². The molecule has 1 aromatic carbocycles. The van der Waals surface area contributed by atoms with Crippen molar-refractivity contribution in [3.63, 3.8) is 0 Å². The van der Waals surface area contributed by atoms with Crippen molar-refractivity contribution in [3.8, 4) is 11.5 Å². The van der Waals surface area contributed by atoms with Crippen molar-refractivity contribution in [1.29, 1.82) is 0 Å². The molecule has 9 heteroatoms. The van der Waals surface area contributed by atoms with E-state index in [2.05, 4.69) is 16.6 Å². The summed E-state index contributed by atoms with van der Waals surface area (Å²) in [5.74, 6) is 0.183. The second-order valence-electron chi connectivity index (χ2n) is 7.34. The monoisotopic (exact) mass is 441 g/mol. The molecule has 2 atom stereocenters. The average molecular weight is 442 g/mol. The number of alkyl halides is 2. The number of thioether (sulfide) groups is 1. The molecule has 0 spiro atoms. The van der Waals surface area contributed by atoms with Crippen molar-refractivity contribution in [3.05, 3.63) is 23.8 Å². The van der Waals surface area contributed by atoms with Crippen molar-refractivity contribution in [1.82, 2.24) is 9.91 Å². The van der Waals surface area contributed by atoms with Gasteiger partial charge in [0, 0.05) is 18.7 Å². The minimum atomic E-state index is -2.93. The summed E-state index contributed by atoms with van der Waals surface area (Å²) in [6.07, 6.45) is 4.90. The zero-order chi connectivity index (χ0) is 21.7. The van der Waals surface area contributed by atoms with Gasteiger partial charge < -0.3 is 9.47 Å². The molecule has 0 aliphatic carbocycles. The highest BCUT2D eigenvalue weighted by Gasteiger charge is 2.36. The van der Waals surface area contributed by atoms with E-state index in [0.717, 1.165) is 50.0 Å². The summed E-state index contributed by atoms with van der Waals surface area (Å²) in [5, 5.41) is 6.24. The Kier molecular flexibility index (Phi) is 7.93. The molecular weight excluding hydrogens is 412 g/mol. The second-order valence-corrected chi connectivity index (χ2v) is 8.49. The van der Waals surface area contributed by atoms with Crippen LogP contribution in [0.3, 0.4) is 0 Å². The molecule has 1 fully saturated rings. The van der Waals surface area contributed by atoms with Gasteiger partial charge in [-0.25, -0.2) is 5.01 Å². The van der Waals surface area contributed by atoms with E-state index >= 15 is 0 Å². The third-order valence-corrected chi connectivity index (χ3v) is 6.69. The minimum Gasteiger partial charge on any atom is -0.493 e. The number of rotatable bonds is 8. The maximum atomic E-state index is 12.9. The summed E-state index contributed by atoms with van der Waals surface area (Å²) in [7, 11) is 1.41. The standard InChI is InChI=1S/C21H29F2N3O3S/c1-4-17-19(14-9-10-15(29-20(22)23)16(13-14)28-3)24-26(21(27)30-17)18(5-2)25-11-7-6-8-12-25/h9-10,13,17-18,20H,4-8,11-12H2,1-3H3. The molecule has 1 saturated heterocycles. The molecular formula is C21H29F2N3O3S. The summed E-state index contributed by atoms with van der Waals surface area (Å²) in [6.45, 7) is 3.06. The van der Waals surface area contributed by atoms with Crippen molar-refractivity contribution < 1.29 is 23.0 Å². The van der Waals surface area contributed by atoms with Gasteiger partial charge in [0.25, 0.3) is 0 Å². The van der Waals surface area contributed by atoms with Crippen LogP contribution in [0.5, 0.6) is 11.5 Å². The van der Waals surface area contributed by atoms with Crippen LogP contribution in [0.2, 0.25) is 0 Å². The fourth-order valence-electron chi connectivity index (χ4n) is 3.98. The number of carbonyl (C=O) groups excluding carboxylic acids is 1. The van der Waals surface area contributed by atoms with Gasteiger partial charge in [-0.2, -0.15) is 13.9 Å². The molecule has 0 radical (unpaired) electrons. The zero-order valence-electron chi connectivity index (χ0n) is 17.6. The maximum Gasteiger partial charge on any atom is 0.387 e. The second kappa shape index (κ2) is 10.4. The number of hydrogen-bond donors (Lipinski definition) is 0. The van der Waals surface area contributed by atoms with E-state index in [-0.39, 0.29) is 28.2 Å². The molecule has 30 heavy (non-hydrogen) atoms. The average Bonchev–Trinajstić information content (AvgIpc) is 2.75. The van der Waals surface area contributed by atoms with Gasteiger partial charge in [-0.05, 0) is 43.9 Å². The number of hydrazone groups is 1. The molecule has 2 aliphatic rings. The summed E-state index contributed by atoms with van der Waals surface area (Å²) < 4.78 is 35.1. The topological polar surface area (TPSA) is 54.4 Å². The van der Waals surface area contributed by atoms with Gasteiger partial charge in [-0.15, -0.1) is 0 Å². The molecule has 2 heterocycles. The van der Waals surface area contributed by atoms with Crippen LogP contribution in [-0.2, 0) is 0 Å². The number of benzene rings is 1. The van der Waals surface area contributed by atoms with Crippen LogP contribution in [0.15, 0.2) is 23.3 Å². The number of amides is 1. The number of nitrogens with zero attached hydrogens (tertiary/aromatic N) is 3. The summed E-state index contributed by atoms with van der Waals surface area (Å²) in [4.78, 5) is 15.2. The Balaban J connectivity index is 1.95. The lowest BCUT2D eigenvalue weighted by Gasteiger charge is -2.40. The van der Waals surface area contributed by atoms with Crippen molar-refractivity contribution in [2.45, 2.75) is 64.0 Å². The first kappa shape index (κ1) is 22.8. The molecule has 166 valence electrons. The van der Waals surface area contributed by atoms with Gasteiger partial charge >= 0.3 is 11.9 Å². The summed E-state index contributed by atoms with van der Waals surface area (Å²) in [6, 6.07) is 4.80. The number of methoxy groups -OCH3 is 1. The van der Waals surface area contributed by atoms with E-state index < -0.39 is 6.61 Å². The number of carbonyl (C=O) groups is 1. The normalized spacial score (nSPS) is 21.5. The number of likely N-dealkylation sites (tertiary alicyclic amines) is 1. The smallest absolute Gasteiger partial charge is 0.387 e. The molecule has 3 rings (SSSR count). The zero-order valence-corrected chi connectivity index (χ0v) is 18.5. The van der Waals surface area contributed by atoms with Crippen LogP contribution in [0.1, 0.15) is 51.5 Å². The maximum absolute atomic E-state index is 12.9. The quantitative estimate of drug-likeness (QED) is 0.557. The first-order chi connectivity index (χ1) is 14.5. The summed E-state index contributed by atoms with van der Waals surface area (Å²) in [5.41, 5.74) is 1.48. The lowest BCUT2D eigenvalue weighted by Crippen LogP contribution is -2.51. The predicted octanol–water partition coefficient (Wildman–Crippen LogP) is 5.17. The lowest BCUT2D eigenvalue weighted by atomic mass is 10.0. The van der Waals surface area contributed by atoms with Crippen LogP contribution in [0, 0.1) is 0 Å². The van der Waals surface area contributed by atoms with Gasteiger partial charge in [0.2, 0.25) is 0 Å². The molecule has 6 nitrogen and oxygen atoms in total. The van der Waals surface area contributed by atoms with Crippen LogP contribution < -0.4 is 9.47 Å². The SMILES string of the molecule is CCC1SC(=O)N(C(CC)N2CCCCC2)N=C1c1ccc(OC(F)F)c(OC)c1. The largest absolute Gasteiger partial charge is 0.493 e. The Morgan fingerprint density at radius 3 is 2.53 bits per heavy atom. The van der Waals surface area contributed by atoms with E-state index in [9.17, 15) is 13.6 Å². The van der Waals surface area contributed by atoms with Crippen molar-refractivity contribution >= 4 is 22.7 Å². The molecule has 1 amide bonds. The van der Waals surface area contributed by atoms with E-state index in [1.807, 2.05) is 6.92 Å². The van der Waals surface area contributed by atoms with E-state index in [0.29, 0.717) is 0 Å². The first-order valence-electron chi connectivity index (χ1n) is 10.4. The Hall–Kier alpha value is -1.87. The van der Waals surface area contributed by atoms with Gasteiger partial charge in [-0.1, -0.05) is 32.0 Å². The van der Waals surface area contributed by atoms with Crippen molar-refractivity contribution in [2.75, 3.05) is 20.2 Å². The highest BCUT2D eigenvalue weighted by Crippen LogP contribution is 2.35. The van der Waals surface area contributed by atoms with Gasteiger partial charge in [-0.3, -0.25) is 9.69 Å². The fourth-order valence-corrected chi connectivity index (χ4v) is 4.96. The lowest BCUT2D eigenvalue weighted by molar-refractivity contribution is -0.0512. The molecule has 0 aromatic heterocycles. The molecule has 2 aliphatic heterocycles. The van der Waals surface area contributed by atoms with Crippen LogP contribution in [0.4, 0.5) is 13.6 Å². The molecule has 0 N–H and O–H groups in total. The Morgan fingerprint density at radius 2 is 1.93 bits per heavy atom. The first-order valence-corrected chi connectivity index (χ1v) is 11.3. The highest BCUT2D eigenvalue weighted by molar-refractivity contribution is 8.14. The third kappa shape index (κ3) is 5.06. The number of piperidine rings is 1. The van der Waals surface area contributed by atoms with Crippen LogP contribution in [-0.4, -0.2) is 59.1 Å². The molecule has 2 unspecified atom stereocenters. The predicted molar refractivity (Wildman–Crippen MR) is 115 cm³/mol. The van der Waals surface area contributed by atoms with Gasteiger partial charge in [0.05, 0.1) is 18.1 Å². The Labute approximate surface area is 180 Å². The van der Waals surface area contributed by atoms with E-state index in [1.54, 1.807) is 17.1 Å². The fraction of sp³-hybridized carbons (Fsp3) is 0.619.